The van der Waals surface area contributed by atoms with Gasteiger partial charge in [-0.1, -0.05) is 13.8 Å². The molecular formula is C20H29N3OS. The zero-order chi connectivity index (χ0) is 17.6. The first kappa shape index (κ1) is 17.4. The quantitative estimate of drug-likeness (QED) is 0.892. The van der Waals surface area contributed by atoms with Gasteiger partial charge in [0, 0.05) is 42.4 Å². The van der Waals surface area contributed by atoms with E-state index in [1.54, 1.807) is 0 Å². The molecule has 25 heavy (non-hydrogen) atoms. The van der Waals surface area contributed by atoms with E-state index in [4.69, 9.17) is 9.97 Å². The van der Waals surface area contributed by atoms with Crippen molar-refractivity contribution in [2.45, 2.75) is 58.9 Å². The highest BCUT2D eigenvalue weighted by atomic mass is 32.1. The smallest absolute Gasteiger partial charge is 0.127 e. The molecule has 0 radical (unpaired) electrons. The number of aryl methyl sites for hydroxylation is 1. The Morgan fingerprint density at radius 1 is 1.24 bits per heavy atom. The van der Waals surface area contributed by atoms with Gasteiger partial charge in [-0.25, -0.2) is 9.97 Å². The molecule has 2 fully saturated rings. The van der Waals surface area contributed by atoms with E-state index in [2.05, 4.69) is 24.8 Å². The average molecular weight is 360 g/mol. The monoisotopic (exact) mass is 359 g/mol. The van der Waals surface area contributed by atoms with Crippen LogP contribution in [-0.4, -0.2) is 39.7 Å². The van der Waals surface area contributed by atoms with Gasteiger partial charge in [-0.3, -0.25) is 4.90 Å². The molecule has 2 aliphatic rings. The van der Waals surface area contributed by atoms with Gasteiger partial charge in [0.25, 0.3) is 0 Å². The number of hydrogen-bond acceptors (Lipinski definition) is 5. The molecule has 0 unspecified atom stereocenters. The second kappa shape index (κ2) is 6.60. The van der Waals surface area contributed by atoms with Gasteiger partial charge in [-0.15, -0.1) is 11.3 Å². The standard InChI is InChI=1S/C20H29N3OS/c1-13-21-17(11-23-9-14(10-23)12-24)16-8-18(25-19(16)22-13)15-4-6-20(2,3)7-5-15/h8,14-15,24H,4-7,9-12H2,1-3H3. The molecule has 0 bridgehead atoms. The summed E-state index contributed by atoms with van der Waals surface area (Å²) in [5, 5.41) is 10.5. The van der Waals surface area contributed by atoms with Gasteiger partial charge in [0.1, 0.15) is 10.7 Å². The molecule has 1 aliphatic carbocycles. The number of fused-ring (bicyclic) bond motifs is 1. The largest absolute Gasteiger partial charge is 0.396 e. The molecule has 136 valence electrons. The Morgan fingerprint density at radius 2 is 1.96 bits per heavy atom. The Bertz CT molecular complexity index is 754. The van der Waals surface area contributed by atoms with Crippen molar-refractivity contribution in [3.8, 4) is 0 Å². The number of aliphatic hydroxyl groups is 1. The molecule has 0 aromatic carbocycles. The molecule has 2 aromatic rings. The van der Waals surface area contributed by atoms with Crippen LogP contribution in [0, 0.1) is 18.3 Å². The maximum atomic E-state index is 9.22. The van der Waals surface area contributed by atoms with Gasteiger partial charge in [-0.05, 0) is 50.0 Å². The van der Waals surface area contributed by atoms with Crippen LogP contribution in [0.3, 0.4) is 0 Å². The number of nitrogens with zero attached hydrogens (tertiary/aromatic N) is 3. The van der Waals surface area contributed by atoms with Crippen molar-refractivity contribution in [1.29, 1.82) is 0 Å². The van der Waals surface area contributed by atoms with Gasteiger partial charge in [0.05, 0.1) is 5.69 Å². The summed E-state index contributed by atoms with van der Waals surface area (Å²) in [7, 11) is 0. The van der Waals surface area contributed by atoms with E-state index in [9.17, 15) is 5.11 Å². The highest BCUT2D eigenvalue weighted by Crippen LogP contribution is 2.45. The lowest BCUT2D eigenvalue weighted by molar-refractivity contribution is 0.0473. The first-order valence-corrected chi connectivity index (χ1v) is 10.4. The zero-order valence-electron chi connectivity index (χ0n) is 15.6. The maximum absolute atomic E-state index is 9.22. The third kappa shape index (κ3) is 3.60. The maximum Gasteiger partial charge on any atom is 0.127 e. The molecule has 2 aromatic heterocycles. The van der Waals surface area contributed by atoms with Crippen LogP contribution >= 0.6 is 11.3 Å². The molecule has 0 spiro atoms. The molecule has 5 heteroatoms. The Kier molecular flexibility index (Phi) is 4.59. The lowest BCUT2D eigenvalue weighted by Gasteiger charge is -2.38. The minimum Gasteiger partial charge on any atom is -0.396 e. The molecule has 4 nitrogen and oxygen atoms in total. The Balaban J connectivity index is 1.56. The van der Waals surface area contributed by atoms with Gasteiger partial charge in [-0.2, -0.15) is 0 Å². The highest BCUT2D eigenvalue weighted by Gasteiger charge is 2.30. The van der Waals surface area contributed by atoms with E-state index in [1.165, 1.54) is 35.9 Å². The Hall–Kier alpha value is -1.04. The molecule has 1 N–H and O–H groups in total. The van der Waals surface area contributed by atoms with Crippen LogP contribution in [0.25, 0.3) is 10.2 Å². The van der Waals surface area contributed by atoms with Crippen LogP contribution in [0.5, 0.6) is 0 Å². The molecule has 4 rings (SSSR count). The predicted molar refractivity (Wildman–Crippen MR) is 103 cm³/mol. The number of hydrogen-bond donors (Lipinski definition) is 1. The fourth-order valence-corrected chi connectivity index (χ4v) is 5.52. The lowest BCUT2D eigenvalue weighted by Crippen LogP contribution is -2.47. The molecule has 1 saturated heterocycles. The van der Waals surface area contributed by atoms with Crippen molar-refractivity contribution in [3.63, 3.8) is 0 Å². The van der Waals surface area contributed by atoms with E-state index >= 15 is 0 Å². The fourth-order valence-electron chi connectivity index (χ4n) is 4.26. The molecule has 1 aliphatic heterocycles. The lowest BCUT2D eigenvalue weighted by atomic mass is 9.73. The summed E-state index contributed by atoms with van der Waals surface area (Å²) in [5.41, 5.74) is 1.67. The van der Waals surface area contributed by atoms with Crippen molar-refractivity contribution < 1.29 is 5.11 Å². The summed E-state index contributed by atoms with van der Waals surface area (Å²) in [4.78, 5) is 14.5. The van der Waals surface area contributed by atoms with Crippen LogP contribution in [0.15, 0.2) is 6.07 Å². The SMILES string of the molecule is Cc1nc(CN2CC(CO)C2)c2cc(C3CCC(C)(C)CC3)sc2n1. The normalized spacial score (nSPS) is 22.4. The van der Waals surface area contributed by atoms with E-state index in [0.29, 0.717) is 23.9 Å². The summed E-state index contributed by atoms with van der Waals surface area (Å²) < 4.78 is 0. The highest BCUT2D eigenvalue weighted by molar-refractivity contribution is 7.18. The summed E-state index contributed by atoms with van der Waals surface area (Å²) in [6.45, 7) is 9.94. The fraction of sp³-hybridized carbons (Fsp3) is 0.700. The molecule has 0 amide bonds. The molecule has 0 atom stereocenters. The third-order valence-corrected chi connectivity index (χ3v) is 7.20. The summed E-state index contributed by atoms with van der Waals surface area (Å²) in [5.74, 6) is 2.02. The van der Waals surface area contributed by atoms with Crippen LogP contribution in [0.1, 0.15) is 61.8 Å². The van der Waals surface area contributed by atoms with Crippen molar-refractivity contribution in [2.24, 2.45) is 11.3 Å². The van der Waals surface area contributed by atoms with Gasteiger partial charge in [0.15, 0.2) is 0 Å². The number of likely N-dealkylation sites (tertiary alicyclic amines) is 1. The minimum atomic E-state index is 0.301. The van der Waals surface area contributed by atoms with Crippen molar-refractivity contribution in [2.75, 3.05) is 19.7 Å². The van der Waals surface area contributed by atoms with Gasteiger partial charge < -0.3 is 5.11 Å². The van der Waals surface area contributed by atoms with E-state index < -0.39 is 0 Å². The van der Waals surface area contributed by atoms with Crippen LogP contribution in [-0.2, 0) is 6.54 Å². The van der Waals surface area contributed by atoms with E-state index in [-0.39, 0.29) is 0 Å². The van der Waals surface area contributed by atoms with Crippen molar-refractivity contribution in [1.82, 2.24) is 14.9 Å². The molecular weight excluding hydrogens is 330 g/mol. The number of thiophene rings is 1. The van der Waals surface area contributed by atoms with Crippen LogP contribution in [0.4, 0.5) is 0 Å². The third-order valence-electron chi connectivity index (χ3n) is 6.01. The summed E-state index contributed by atoms with van der Waals surface area (Å²) >= 11 is 1.88. The average Bonchev–Trinajstić information content (AvgIpc) is 2.93. The van der Waals surface area contributed by atoms with Gasteiger partial charge in [0.2, 0.25) is 0 Å². The van der Waals surface area contributed by atoms with E-state index in [1.807, 2.05) is 18.3 Å². The second-order valence-corrected chi connectivity index (χ2v) is 9.83. The number of aliphatic hydroxyl groups excluding tert-OH is 1. The number of rotatable bonds is 4. The van der Waals surface area contributed by atoms with Crippen LogP contribution < -0.4 is 0 Å². The first-order valence-electron chi connectivity index (χ1n) is 9.54. The van der Waals surface area contributed by atoms with Crippen molar-refractivity contribution in [3.05, 3.63) is 22.5 Å². The zero-order valence-corrected chi connectivity index (χ0v) is 16.4. The first-order chi connectivity index (χ1) is 11.9. The Labute approximate surface area is 154 Å². The molecule has 3 heterocycles. The topological polar surface area (TPSA) is 49.2 Å². The predicted octanol–water partition coefficient (Wildman–Crippen LogP) is 4.11. The number of aromatic nitrogens is 2. The van der Waals surface area contributed by atoms with Crippen LogP contribution in [0.2, 0.25) is 0 Å². The van der Waals surface area contributed by atoms with Gasteiger partial charge >= 0.3 is 0 Å². The second-order valence-electron chi connectivity index (χ2n) is 8.77. The summed E-state index contributed by atoms with van der Waals surface area (Å²) in [6.07, 6.45) is 5.23. The Morgan fingerprint density at radius 3 is 2.64 bits per heavy atom. The minimum absolute atomic E-state index is 0.301. The summed E-state index contributed by atoms with van der Waals surface area (Å²) in [6, 6.07) is 2.38. The molecule has 1 saturated carbocycles. The van der Waals surface area contributed by atoms with E-state index in [0.717, 1.165) is 36.0 Å². The van der Waals surface area contributed by atoms with Crippen molar-refractivity contribution >= 4 is 21.6 Å².